The van der Waals surface area contributed by atoms with Crippen molar-refractivity contribution in [3.05, 3.63) is 71.3 Å². The van der Waals surface area contributed by atoms with Crippen molar-refractivity contribution in [1.82, 2.24) is 9.80 Å². The minimum Gasteiger partial charge on any atom is -0.444 e. The maximum Gasteiger partial charge on any atom is 0.339 e. The first-order valence-corrected chi connectivity index (χ1v) is 9.29. The van der Waals surface area contributed by atoms with Crippen LogP contribution in [0.1, 0.15) is 40.4 Å². The Labute approximate surface area is 164 Å². The van der Waals surface area contributed by atoms with Crippen LogP contribution >= 0.6 is 0 Å². The summed E-state index contributed by atoms with van der Waals surface area (Å²) in [6.07, 6.45) is 0.500. The molecule has 0 aromatic heterocycles. The largest absolute Gasteiger partial charge is 0.444 e. The van der Waals surface area contributed by atoms with Crippen LogP contribution in [-0.4, -0.2) is 48.2 Å². The van der Waals surface area contributed by atoms with Gasteiger partial charge in [0.15, 0.2) is 0 Å². The number of hydrogen-bond donors (Lipinski definition) is 0. The summed E-state index contributed by atoms with van der Waals surface area (Å²) in [5, 5.41) is 0. The highest BCUT2D eigenvalue weighted by atomic mass is 16.5. The van der Waals surface area contributed by atoms with Gasteiger partial charge in [-0.25, -0.2) is 4.79 Å². The van der Waals surface area contributed by atoms with Crippen molar-refractivity contribution < 1.29 is 19.1 Å². The fraction of sp³-hybridized carbons (Fsp3) is 0.318. The molecular weight excluding hydrogens is 356 g/mol. The molecule has 2 aromatic rings. The predicted molar refractivity (Wildman–Crippen MR) is 104 cm³/mol. The van der Waals surface area contributed by atoms with Crippen LogP contribution in [0.3, 0.4) is 0 Å². The van der Waals surface area contributed by atoms with Crippen molar-refractivity contribution in [3.8, 4) is 0 Å². The second-order valence-corrected chi connectivity index (χ2v) is 7.04. The zero-order valence-corrected chi connectivity index (χ0v) is 16.1. The van der Waals surface area contributed by atoms with Gasteiger partial charge in [-0.2, -0.15) is 0 Å². The van der Waals surface area contributed by atoms with Gasteiger partial charge in [-0.3, -0.25) is 9.59 Å². The molecule has 1 saturated heterocycles. The van der Waals surface area contributed by atoms with E-state index in [4.69, 9.17) is 4.74 Å². The van der Waals surface area contributed by atoms with Crippen LogP contribution in [0.2, 0.25) is 0 Å². The van der Waals surface area contributed by atoms with E-state index in [1.165, 1.54) is 4.90 Å². The summed E-state index contributed by atoms with van der Waals surface area (Å²) in [5.41, 5.74) is 1.94. The molecule has 0 saturated carbocycles. The Morgan fingerprint density at radius 3 is 2.32 bits per heavy atom. The van der Waals surface area contributed by atoms with Gasteiger partial charge in [0.05, 0.1) is 5.56 Å². The van der Waals surface area contributed by atoms with E-state index in [2.05, 4.69) is 0 Å². The zero-order chi connectivity index (χ0) is 20.1. The Balaban J connectivity index is 1.71. The molecule has 1 aliphatic rings. The Bertz CT molecular complexity index is 847. The molecular formula is C22H24N2O4. The number of likely N-dealkylation sites (tertiary alicyclic amines) is 1. The summed E-state index contributed by atoms with van der Waals surface area (Å²) in [6.45, 7) is 1.31. The summed E-state index contributed by atoms with van der Waals surface area (Å²) in [5.74, 6) is -0.701. The number of likely N-dealkylation sites (N-methyl/N-ethyl adjacent to an activating group) is 1. The van der Waals surface area contributed by atoms with E-state index in [-0.39, 0.29) is 11.8 Å². The quantitative estimate of drug-likeness (QED) is 0.723. The van der Waals surface area contributed by atoms with Gasteiger partial charge in [0, 0.05) is 39.2 Å². The van der Waals surface area contributed by atoms with Crippen LogP contribution in [0.5, 0.6) is 0 Å². The third-order valence-corrected chi connectivity index (χ3v) is 4.73. The van der Waals surface area contributed by atoms with Gasteiger partial charge < -0.3 is 14.5 Å². The highest BCUT2D eigenvalue weighted by Crippen LogP contribution is 2.22. The molecule has 0 unspecified atom stereocenters. The van der Waals surface area contributed by atoms with E-state index < -0.39 is 12.1 Å². The van der Waals surface area contributed by atoms with Crippen LogP contribution < -0.4 is 0 Å². The van der Waals surface area contributed by atoms with Crippen molar-refractivity contribution in [2.45, 2.75) is 25.5 Å². The first kappa shape index (κ1) is 19.6. The molecule has 6 heteroatoms. The molecule has 1 fully saturated rings. The van der Waals surface area contributed by atoms with E-state index in [0.717, 1.165) is 18.5 Å². The lowest BCUT2D eigenvalue weighted by Gasteiger charge is -2.21. The number of ether oxygens (including phenoxy) is 1. The third-order valence-electron chi connectivity index (χ3n) is 4.73. The van der Waals surface area contributed by atoms with Gasteiger partial charge in [0.2, 0.25) is 12.0 Å². The zero-order valence-electron chi connectivity index (χ0n) is 16.1. The number of esters is 1. The first-order valence-electron chi connectivity index (χ1n) is 9.29. The minimum absolute atomic E-state index is 0.163. The fourth-order valence-electron chi connectivity index (χ4n) is 3.14. The second-order valence-electron chi connectivity index (χ2n) is 7.04. The van der Waals surface area contributed by atoms with Crippen molar-refractivity contribution in [3.63, 3.8) is 0 Å². The maximum absolute atomic E-state index is 12.6. The average Bonchev–Trinajstić information content (AvgIpc) is 3.11. The number of benzene rings is 2. The van der Waals surface area contributed by atoms with Crippen molar-refractivity contribution >= 4 is 17.8 Å². The normalized spacial score (nSPS) is 14.6. The molecule has 6 nitrogen and oxygen atoms in total. The maximum atomic E-state index is 12.6. The fourth-order valence-corrected chi connectivity index (χ4v) is 3.14. The van der Waals surface area contributed by atoms with Crippen LogP contribution in [0.25, 0.3) is 0 Å². The molecule has 0 radical (unpaired) electrons. The van der Waals surface area contributed by atoms with Gasteiger partial charge in [0.1, 0.15) is 0 Å². The number of amides is 2. The van der Waals surface area contributed by atoms with Gasteiger partial charge >= 0.3 is 5.97 Å². The Morgan fingerprint density at radius 1 is 1.07 bits per heavy atom. The number of hydrogen-bond acceptors (Lipinski definition) is 4. The lowest BCUT2D eigenvalue weighted by molar-refractivity contribution is -0.138. The topological polar surface area (TPSA) is 66.9 Å². The molecule has 0 spiro atoms. The SMILES string of the molecule is CN(C)C(=O)[C@@H](OC(=O)c1ccc(CN2CCCC2=O)cc1)c1ccccc1. The molecule has 146 valence electrons. The molecule has 1 atom stereocenters. The standard InChI is InChI=1S/C22H24N2O4/c1-23(2)21(26)20(17-7-4-3-5-8-17)28-22(27)18-12-10-16(11-13-18)15-24-14-6-9-19(24)25/h3-5,7-8,10-13,20H,6,9,14-15H2,1-2H3/t20-/m0/s1. The lowest BCUT2D eigenvalue weighted by atomic mass is 10.1. The average molecular weight is 380 g/mol. The van der Waals surface area contributed by atoms with Crippen LogP contribution in [0, 0.1) is 0 Å². The predicted octanol–water partition coefficient (Wildman–Crippen LogP) is 2.80. The molecule has 0 N–H and O–H groups in total. The molecule has 2 aromatic carbocycles. The molecule has 2 amide bonds. The summed E-state index contributed by atoms with van der Waals surface area (Å²) in [7, 11) is 3.25. The van der Waals surface area contributed by atoms with E-state index in [9.17, 15) is 14.4 Å². The van der Waals surface area contributed by atoms with Crippen LogP contribution in [-0.2, 0) is 20.9 Å². The van der Waals surface area contributed by atoms with E-state index >= 15 is 0 Å². The smallest absolute Gasteiger partial charge is 0.339 e. The number of carbonyl (C=O) groups is 3. The van der Waals surface area contributed by atoms with Crippen LogP contribution in [0.4, 0.5) is 0 Å². The summed E-state index contributed by atoms with van der Waals surface area (Å²) in [6, 6.07) is 15.9. The Kier molecular flexibility index (Phi) is 6.09. The lowest BCUT2D eigenvalue weighted by Crippen LogP contribution is -2.31. The van der Waals surface area contributed by atoms with Crippen molar-refractivity contribution in [1.29, 1.82) is 0 Å². The molecule has 28 heavy (non-hydrogen) atoms. The number of carbonyl (C=O) groups excluding carboxylic acids is 3. The first-order chi connectivity index (χ1) is 13.5. The second kappa shape index (κ2) is 8.69. The number of nitrogens with zero attached hydrogens (tertiary/aromatic N) is 2. The molecule has 1 heterocycles. The molecule has 3 rings (SSSR count). The molecule has 0 bridgehead atoms. The van der Waals surface area contributed by atoms with Crippen LogP contribution in [0.15, 0.2) is 54.6 Å². The third kappa shape index (κ3) is 4.57. The monoisotopic (exact) mass is 380 g/mol. The van der Waals surface area contributed by atoms with Gasteiger partial charge in [-0.1, -0.05) is 42.5 Å². The summed E-state index contributed by atoms with van der Waals surface area (Å²) in [4.78, 5) is 40.1. The van der Waals surface area contributed by atoms with Gasteiger partial charge in [0.25, 0.3) is 5.91 Å². The van der Waals surface area contributed by atoms with Gasteiger partial charge in [-0.05, 0) is 24.1 Å². The molecule has 0 aliphatic carbocycles. The Morgan fingerprint density at radius 2 is 1.75 bits per heavy atom. The van der Waals surface area contributed by atoms with E-state index in [1.54, 1.807) is 50.5 Å². The Hall–Kier alpha value is -3.15. The van der Waals surface area contributed by atoms with E-state index in [0.29, 0.717) is 24.1 Å². The minimum atomic E-state index is -0.995. The molecule has 1 aliphatic heterocycles. The van der Waals surface area contributed by atoms with Crippen molar-refractivity contribution in [2.75, 3.05) is 20.6 Å². The summed E-state index contributed by atoms with van der Waals surface area (Å²) >= 11 is 0. The van der Waals surface area contributed by atoms with Gasteiger partial charge in [-0.15, -0.1) is 0 Å². The highest BCUT2D eigenvalue weighted by Gasteiger charge is 2.27. The van der Waals surface area contributed by atoms with Crippen molar-refractivity contribution in [2.24, 2.45) is 0 Å². The summed E-state index contributed by atoms with van der Waals surface area (Å²) < 4.78 is 5.54. The highest BCUT2D eigenvalue weighted by molar-refractivity contribution is 5.92. The van der Waals surface area contributed by atoms with E-state index in [1.807, 2.05) is 23.1 Å². The number of rotatable bonds is 6.